The summed E-state index contributed by atoms with van der Waals surface area (Å²) in [6.45, 7) is 4.08. The minimum absolute atomic E-state index is 0.131. The molecule has 0 saturated carbocycles. The summed E-state index contributed by atoms with van der Waals surface area (Å²) in [5, 5.41) is 10.5. The van der Waals surface area contributed by atoms with Gasteiger partial charge in [0.15, 0.2) is 16.6 Å². The molecule has 120 valence electrons. The summed E-state index contributed by atoms with van der Waals surface area (Å²) in [5.41, 5.74) is 3.06. The first kappa shape index (κ1) is 15.4. The van der Waals surface area contributed by atoms with Gasteiger partial charge in [-0.15, -0.1) is 21.5 Å². The molecule has 3 heterocycles. The number of fused-ring (bicyclic) bond motifs is 3. The maximum Gasteiger partial charge on any atom is 0.196 e. The van der Waals surface area contributed by atoms with Crippen molar-refractivity contribution >= 4 is 45.4 Å². The number of rotatable bonds is 4. The molecule has 6 heteroatoms. The summed E-state index contributed by atoms with van der Waals surface area (Å²) >= 11 is 2.97. The van der Waals surface area contributed by atoms with E-state index in [4.69, 9.17) is 0 Å². The SMILES string of the molecule is Cc1ccc(C(=O)CSc2nnc3cc(C)c4ccccc4n23)s1. The third-order valence-corrected chi connectivity index (χ3v) is 5.89. The molecule has 0 unspecified atom stereocenters. The van der Waals surface area contributed by atoms with Gasteiger partial charge in [-0.05, 0) is 43.7 Å². The lowest BCUT2D eigenvalue weighted by Gasteiger charge is -2.06. The van der Waals surface area contributed by atoms with Crippen LogP contribution in [0.4, 0.5) is 0 Å². The number of benzene rings is 1. The quantitative estimate of drug-likeness (QED) is 0.399. The molecule has 24 heavy (non-hydrogen) atoms. The Balaban J connectivity index is 1.70. The Morgan fingerprint density at radius 2 is 2.00 bits per heavy atom. The van der Waals surface area contributed by atoms with Crippen molar-refractivity contribution in [2.45, 2.75) is 19.0 Å². The summed E-state index contributed by atoms with van der Waals surface area (Å²) in [5.74, 6) is 0.495. The number of carbonyl (C=O) groups is 1. The largest absolute Gasteiger partial charge is 0.292 e. The van der Waals surface area contributed by atoms with Crippen LogP contribution in [0.5, 0.6) is 0 Å². The molecule has 4 nitrogen and oxygen atoms in total. The normalized spacial score (nSPS) is 11.4. The Kier molecular flexibility index (Phi) is 3.86. The average Bonchev–Trinajstić information content (AvgIpc) is 3.19. The van der Waals surface area contributed by atoms with Gasteiger partial charge < -0.3 is 0 Å². The topological polar surface area (TPSA) is 47.3 Å². The Morgan fingerprint density at radius 1 is 1.17 bits per heavy atom. The van der Waals surface area contributed by atoms with Crippen LogP contribution < -0.4 is 0 Å². The molecule has 0 amide bonds. The number of thioether (sulfide) groups is 1. The molecule has 0 aliphatic rings. The van der Waals surface area contributed by atoms with Gasteiger partial charge in [0.1, 0.15) is 0 Å². The molecule has 0 saturated heterocycles. The molecule has 0 fully saturated rings. The summed E-state index contributed by atoms with van der Waals surface area (Å²) in [6.07, 6.45) is 0. The lowest BCUT2D eigenvalue weighted by Crippen LogP contribution is -2.01. The highest BCUT2D eigenvalue weighted by Crippen LogP contribution is 2.26. The molecular weight excluding hydrogens is 338 g/mol. The van der Waals surface area contributed by atoms with Crippen LogP contribution in [-0.4, -0.2) is 26.1 Å². The first-order valence-electron chi connectivity index (χ1n) is 7.59. The van der Waals surface area contributed by atoms with E-state index in [-0.39, 0.29) is 5.78 Å². The van der Waals surface area contributed by atoms with Gasteiger partial charge in [0.05, 0.1) is 16.1 Å². The van der Waals surface area contributed by atoms with E-state index < -0.39 is 0 Å². The summed E-state index contributed by atoms with van der Waals surface area (Å²) in [4.78, 5) is 14.3. The first-order chi connectivity index (χ1) is 11.6. The Hall–Kier alpha value is -2.18. The molecule has 0 spiro atoms. The van der Waals surface area contributed by atoms with Gasteiger partial charge in [0, 0.05) is 10.3 Å². The highest BCUT2D eigenvalue weighted by molar-refractivity contribution is 7.99. The Labute approximate surface area is 147 Å². The summed E-state index contributed by atoms with van der Waals surface area (Å²) in [6, 6.07) is 14.1. The smallest absolute Gasteiger partial charge is 0.196 e. The van der Waals surface area contributed by atoms with E-state index in [1.807, 2.05) is 41.7 Å². The molecular formula is C18H15N3OS2. The predicted molar refractivity (Wildman–Crippen MR) is 99.3 cm³/mol. The first-order valence-corrected chi connectivity index (χ1v) is 9.39. The number of pyridine rings is 1. The minimum Gasteiger partial charge on any atom is -0.292 e. The number of aromatic nitrogens is 3. The molecule has 1 aromatic carbocycles. The fraction of sp³-hybridized carbons (Fsp3) is 0.167. The number of hydrogen-bond donors (Lipinski definition) is 0. The van der Waals surface area contributed by atoms with E-state index >= 15 is 0 Å². The van der Waals surface area contributed by atoms with E-state index in [0.29, 0.717) is 5.75 Å². The molecule has 4 rings (SSSR count). The predicted octanol–water partition coefficient (Wildman–Crippen LogP) is 4.54. The van der Waals surface area contributed by atoms with Crippen LogP contribution in [0, 0.1) is 13.8 Å². The lowest BCUT2D eigenvalue weighted by atomic mass is 10.1. The zero-order valence-electron chi connectivity index (χ0n) is 13.3. The van der Waals surface area contributed by atoms with Crippen LogP contribution >= 0.6 is 23.1 Å². The van der Waals surface area contributed by atoms with Crippen LogP contribution in [-0.2, 0) is 0 Å². The van der Waals surface area contributed by atoms with Crippen LogP contribution in [0.1, 0.15) is 20.1 Å². The van der Waals surface area contributed by atoms with Crippen molar-refractivity contribution in [1.29, 1.82) is 0 Å². The fourth-order valence-electron chi connectivity index (χ4n) is 2.75. The number of Topliss-reactive ketones (excluding diaryl/α,β-unsaturated/α-hetero) is 1. The lowest BCUT2D eigenvalue weighted by molar-refractivity contribution is 0.102. The van der Waals surface area contributed by atoms with Gasteiger partial charge in [0.25, 0.3) is 0 Å². The number of ketones is 1. The second kappa shape index (κ2) is 6.03. The fourth-order valence-corrected chi connectivity index (χ4v) is 4.49. The van der Waals surface area contributed by atoms with E-state index in [9.17, 15) is 4.79 Å². The van der Waals surface area contributed by atoms with Gasteiger partial charge in [-0.25, -0.2) is 0 Å². The maximum atomic E-state index is 12.3. The van der Waals surface area contributed by atoms with Gasteiger partial charge >= 0.3 is 0 Å². The van der Waals surface area contributed by atoms with Crippen LogP contribution in [0.15, 0.2) is 47.6 Å². The van der Waals surface area contributed by atoms with Gasteiger partial charge in [-0.3, -0.25) is 9.20 Å². The van der Waals surface area contributed by atoms with E-state index in [0.717, 1.165) is 26.1 Å². The van der Waals surface area contributed by atoms with Crippen molar-refractivity contribution in [1.82, 2.24) is 14.6 Å². The van der Waals surface area contributed by atoms with Crippen molar-refractivity contribution in [3.63, 3.8) is 0 Å². The van der Waals surface area contributed by atoms with Crippen molar-refractivity contribution in [2.75, 3.05) is 5.75 Å². The van der Waals surface area contributed by atoms with Crippen LogP contribution in [0.3, 0.4) is 0 Å². The number of para-hydroxylation sites is 1. The molecule has 0 aliphatic carbocycles. The van der Waals surface area contributed by atoms with Crippen LogP contribution in [0.25, 0.3) is 16.6 Å². The minimum atomic E-state index is 0.131. The molecule has 0 atom stereocenters. The van der Waals surface area contributed by atoms with Crippen molar-refractivity contribution in [3.05, 3.63) is 57.8 Å². The number of carbonyl (C=O) groups excluding carboxylic acids is 1. The number of thiophene rings is 1. The monoisotopic (exact) mass is 353 g/mol. The highest BCUT2D eigenvalue weighted by Gasteiger charge is 2.14. The number of hydrogen-bond acceptors (Lipinski definition) is 5. The Morgan fingerprint density at radius 3 is 2.79 bits per heavy atom. The van der Waals surface area contributed by atoms with Crippen LogP contribution in [0.2, 0.25) is 0 Å². The van der Waals surface area contributed by atoms with Gasteiger partial charge in [-0.2, -0.15) is 0 Å². The zero-order valence-corrected chi connectivity index (χ0v) is 14.9. The van der Waals surface area contributed by atoms with Crippen molar-refractivity contribution in [3.8, 4) is 0 Å². The third kappa shape index (κ3) is 2.61. The van der Waals surface area contributed by atoms with Gasteiger partial charge in [-0.1, -0.05) is 30.0 Å². The van der Waals surface area contributed by atoms with E-state index in [2.05, 4.69) is 29.3 Å². The third-order valence-electron chi connectivity index (χ3n) is 3.92. The molecule has 0 radical (unpaired) electrons. The van der Waals surface area contributed by atoms with E-state index in [1.165, 1.54) is 34.0 Å². The van der Waals surface area contributed by atoms with Gasteiger partial charge in [0.2, 0.25) is 0 Å². The Bertz CT molecular complexity index is 1060. The zero-order chi connectivity index (χ0) is 16.7. The molecule has 0 N–H and O–H groups in total. The summed E-state index contributed by atoms with van der Waals surface area (Å²) < 4.78 is 2.03. The maximum absolute atomic E-state index is 12.3. The molecule has 0 aliphatic heterocycles. The summed E-state index contributed by atoms with van der Waals surface area (Å²) in [7, 11) is 0. The molecule has 3 aromatic heterocycles. The number of aryl methyl sites for hydroxylation is 2. The standard InChI is InChI=1S/C18H15N3OS2/c1-11-9-17-19-20-18(21(17)14-6-4-3-5-13(11)14)23-10-15(22)16-8-7-12(2)24-16/h3-9H,10H2,1-2H3. The van der Waals surface area contributed by atoms with Crippen molar-refractivity contribution < 1.29 is 4.79 Å². The molecule has 4 aromatic rings. The number of nitrogens with zero attached hydrogens (tertiary/aromatic N) is 3. The highest BCUT2D eigenvalue weighted by atomic mass is 32.2. The second-order valence-electron chi connectivity index (χ2n) is 5.64. The van der Waals surface area contributed by atoms with E-state index in [1.54, 1.807) is 0 Å². The molecule has 0 bridgehead atoms. The second-order valence-corrected chi connectivity index (χ2v) is 7.87. The average molecular weight is 353 g/mol. The van der Waals surface area contributed by atoms with Crippen molar-refractivity contribution in [2.24, 2.45) is 0 Å².